The van der Waals surface area contributed by atoms with Crippen LogP contribution in [0.5, 0.6) is 0 Å². The van der Waals surface area contributed by atoms with Crippen LogP contribution in [0, 0.1) is 0 Å². The third kappa shape index (κ3) is 4.56. The number of azide groups is 1. The molecule has 0 fully saturated rings. The van der Waals surface area contributed by atoms with Gasteiger partial charge in [0.1, 0.15) is 6.10 Å². The van der Waals surface area contributed by atoms with E-state index in [0.717, 1.165) is 12.8 Å². The Bertz CT molecular complexity index is 261. The van der Waals surface area contributed by atoms with E-state index in [1.807, 2.05) is 0 Å². The van der Waals surface area contributed by atoms with Crippen molar-refractivity contribution in [2.45, 2.75) is 38.7 Å². The predicted octanol–water partition coefficient (Wildman–Crippen LogP) is 2.61. The van der Waals surface area contributed by atoms with Crippen LogP contribution in [0.25, 0.3) is 10.4 Å². The van der Waals surface area contributed by atoms with Crippen molar-refractivity contribution in [3.05, 3.63) is 10.4 Å². The molecule has 1 aliphatic rings. The van der Waals surface area contributed by atoms with Crippen molar-refractivity contribution >= 4 is 5.90 Å². The van der Waals surface area contributed by atoms with Gasteiger partial charge in [0.15, 0.2) is 0 Å². The Hall–Kier alpha value is -1.42. The molecule has 0 aliphatic carbocycles. The van der Waals surface area contributed by atoms with E-state index in [9.17, 15) is 0 Å². The minimum Gasteiger partial charge on any atom is -0.479 e. The number of oxime groups is 1. The van der Waals surface area contributed by atoms with E-state index in [-0.39, 0.29) is 6.10 Å². The summed E-state index contributed by atoms with van der Waals surface area (Å²) in [5, 5.41) is 7.27. The number of hydrogen-bond donors (Lipinski definition) is 0. The lowest BCUT2D eigenvalue weighted by Crippen LogP contribution is -2.11. The molecule has 1 aliphatic heterocycles. The Morgan fingerprint density at radius 2 is 2.60 bits per heavy atom. The van der Waals surface area contributed by atoms with E-state index in [1.54, 1.807) is 0 Å². The van der Waals surface area contributed by atoms with E-state index < -0.39 is 0 Å². The molecule has 15 heavy (non-hydrogen) atoms. The molecular formula is C9H16N4O2. The van der Waals surface area contributed by atoms with Crippen LogP contribution in [0.4, 0.5) is 0 Å². The van der Waals surface area contributed by atoms with Crippen LogP contribution < -0.4 is 0 Å². The van der Waals surface area contributed by atoms with Gasteiger partial charge in [0.25, 0.3) is 0 Å². The summed E-state index contributed by atoms with van der Waals surface area (Å²) in [6.45, 7) is 3.25. The predicted molar refractivity (Wildman–Crippen MR) is 56.4 cm³/mol. The summed E-state index contributed by atoms with van der Waals surface area (Å²) in [6.07, 6.45) is 3.52. The molecule has 1 heterocycles. The quantitative estimate of drug-likeness (QED) is 0.293. The first-order chi connectivity index (χ1) is 7.36. The molecule has 0 aromatic heterocycles. The molecule has 0 aromatic rings. The lowest BCUT2D eigenvalue weighted by atomic mass is 10.2. The van der Waals surface area contributed by atoms with Crippen LogP contribution in [-0.2, 0) is 9.57 Å². The summed E-state index contributed by atoms with van der Waals surface area (Å²) < 4.78 is 5.40. The molecule has 84 valence electrons. The molecule has 0 spiro atoms. The zero-order chi connectivity index (χ0) is 10.9. The average molecular weight is 212 g/mol. The molecule has 6 heteroatoms. The van der Waals surface area contributed by atoms with Gasteiger partial charge in [-0.25, -0.2) is 0 Å². The highest BCUT2D eigenvalue weighted by Gasteiger charge is 2.21. The Morgan fingerprint density at radius 3 is 3.33 bits per heavy atom. The van der Waals surface area contributed by atoms with Crippen molar-refractivity contribution in [2.75, 3.05) is 13.2 Å². The summed E-state index contributed by atoms with van der Waals surface area (Å²) in [5.41, 5.74) is 8.10. The van der Waals surface area contributed by atoms with Crippen LogP contribution in [0.3, 0.4) is 0 Å². The highest BCUT2D eigenvalue weighted by atomic mass is 16.7. The molecule has 1 rings (SSSR count). The summed E-state index contributed by atoms with van der Waals surface area (Å²) in [4.78, 5) is 7.80. The van der Waals surface area contributed by atoms with Gasteiger partial charge in [-0.2, -0.15) is 0 Å². The monoisotopic (exact) mass is 212 g/mol. The Morgan fingerprint density at radius 1 is 1.73 bits per heavy atom. The molecule has 1 unspecified atom stereocenters. The molecule has 0 bridgehead atoms. The minimum absolute atomic E-state index is 0.00660. The fraction of sp³-hybridized carbons (Fsp3) is 0.889. The Labute approximate surface area is 88.9 Å². The number of ether oxygens (including phenoxy) is 1. The Kier molecular flexibility index (Phi) is 5.40. The zero-order valence-corrected chi connectivity index (χ0v) is 8.93. The van der Waals surface area contributed by atoms with Gasteiger partial charge in [0.2, 0.25) is 5.90 Å². The topological polar surface area (TPSA) is 79.6 Å². The molecule has 0 N–H and O–H groups in total. The average Bonchev–Trinajstić information content (AvgIpc) is 2.67. The van der Waals surface area contributed by atoms with E-state index >= 15 is 0 Å². The SMILES string of the molecule is CCCCOC1=NOC(CCN=[N+]=[N-])C1. The standard InChI is InChI=1S/C9H16N4O2/c1-2-3-6-14-9-7-8(15-12-9)4-5-11-13-10/h8H,2-7H2,1H3. The molecule has 0 aromatic carbocycles. The molecular weight excluding hydrogens is 196 g/mol. The van der Waals surface area contributed by atoms with E-state index in [2.05, 4.69) is 22.1 Å². The van der Waals surface area contributed by atoms with Crippen molar-refractivity contribution in [3.8, 4) is 0 Å². The molecule has 0 amide bonds. The maximum Gasteiger partial charge on any atom is 0.229 e. The summed E-state index contributed by atoms with van der Waals surface area (Å²) in [6, 6.07) is 0. The third-order valence-corrected chi connectivity index (χ3v) is 2.09. The van der Waals surface area contributed by atoms with Crippen LogP contribution in [-0.4, -0.2) is 25.2 Å². The molecule has 6 nitrogen and oxygen atoms in total. The number of nitrogens with zero attached hydrogens (tertiary/aromatic N) is 4. The van der Waals surface area contributed by atoms with E-state index in [4.69, 9.17) is 15.1 Å². The van der Waals surface area contributed by atoms with Crippen LogP contribution in [0.15, 0.2) is 10.3 Å². The lowest BCUT2D eigenvalue weighted by Gasteiger charge is -2.04. The first kappa shape index (κ1) is 11.7. The van der Waals surface area contributed by atoms with Crippen LogP contribution in [0.2, 0.25) is 0 Å². The third-order valence-electron chi connectivity index (χ3n) is 2.09. The van der Waals surface area contributed by atoms with E-state index in [0.29, 0.717) is 31.9 Å². The van der Waals surface area contributed by atoms with Crippen molar-refractivity contribution in [3.63, 3.8) is 0 Å². The van der Waals surface area contributed by atoms with Gasteiger partial charge in [0, 0.05) is 11.5 Å². The number of unbranched alkanes of at least 4 members (excludes halogenated alkanes) is 1. The first-order valence-electron chi connectivity index (χ1n) is 5.23. The maximum atomic E-state index is 8.10. The largest absolute Gasteiger partial charge is 0.479 e. The normalized spacial score (nSPS) is 19.0. The lowest BCUT2D eigenvalue weighted by molar-refractivity contribution is 0.0806. The minimum atomic E-state index is 0.00660. The molecule has 1 atom stereocenters. The summed E-state index contributed by atoms with van der Waals surface area (Å²) in [7, 11) is 0. The van der Waals surface area contributed by atoms with Crippen LogP contribution in [0.1, 0.15) is 32.6 Å². The van der Waals surface area contributed by atoms with Gasteiger partial charge in [-0.15, -0.1) is 0 Å². The fourth-order valence-corrected chi connectivity index (χ4v) is 1.22. The summed E-state index contributed by atoms with van der Waals surface area (Å²) >= 11 is 0. The summed E-state index contributed by atoms with van der Waals surface area (Å²) in [5.74, 6) is 0.661. The van der Waals surface area contributed by atoms with Gasteiger partial charge in [-0.1, -0.05) is 23.6 Å². The molecule has 0 saturated heterocycles. The van der Waals surface area contributed by atoms with Gasteiger partial charge < -0.3 is 9.57 Å². The van der Waals surface area contributed by atoms with E-state index in [1.165, 1.54) is 0 Å². The fourth-order valence-electron chi connectivity index (χ4n) is 1.22. The van der Waals surface area contributed by atoms with Crippen molar-refractivity contribution in [1.29, 1.82) is 0 Å². The van der Waals surface area contributed by atoms with Gasteiger partial charge >= 0.3 is 0 Å². The first-order valence-corrected chi connectivity index (χ1v) is 5.23. The second kappa shape index (κ2) is 6.95. The maximum absolute atomic E-state index is 8.10. The van der Waals surface area contributed by atoms with Crippen molar-refractivity contribution in [1.82, 2.24) is 0 Å². The molecule has 0 saturated carbocycles. The van der Waals surface area contributed by atoms with Crippen LogP contribution >= 0.6 is 0 Å². The van der Waals surface area contributed by atoms with Gasteiger partial charge in [-0.05, 0) is 18.4 Å². The number of rotatable bonds is 6. The van der Waals surface area contributed by atoms with Crippen molar-refractivity contribution < 1.29 is 9.57 Å². The smallest absolute Gasteiger partial charge is 0.229 e. The zero-order valence-electron chi connectivity index (χ0n) is 8.93. The highest BCUT2D eigenvalue weighted by molar-refractivity contribution is 5.77. The number of hydrogen-bond acceptors (Lipinski definition) is 4. The van der Waals surface area contributed by atoms with Gasteiger partial charge in [0.05, 0.1) is 13.0 Å². The van der Waals surface area contributed by atoms with Gasteiger partial charge in [-0.3, -0.25) is 0 Å². The second-order valence-corrected chi connectivity index (χ2v) is 3.36. The highest BCUT2D eigenvalue weighted by Crippen LogP contribution is 2.14. The van der Waals surface area contributed by atoms with Crippen molar-refractivity contribution in [2.24, 2.45) is 10.3 Å². The molecule has 0 radical (unpaired) electrons. The Balaban J connectivity index is 2.10. The second-order valence-electron chi connectivity index (χ2n) is 3.36.